The zero-order chi connectivity index (χ0) is 14.0. The molecule has 1 saturated heterocycles. The van der Waals surface area contributed by atoms with Gasteiger partial charge < -0.3 is 9.47 Å². The second-order valence-electron chi connectivity index (χ2n) is 4.64. The lowest BCUT2D eigenvalue weighted by Gasteiger charge is -2.12. The summed E-state index contributed by atoms with van der Waals surface area (Å²) in [5, 5.41) is 0.777. The first-order valence-corrected chi connectivity index (χ1v) is 7.06. The first kappa shape index (κ1) is 14.6. The van der Waals surface area contributed by atoms with Gasteiger partial charge in [-0.05, 0) is 26.3 Å². The average molecular weight is 303 g/mol. The minimum absolute atomic E-state index is 0.0145. The summed E-state index contributed by atoms with van der Waals surface area (Å²) in [4.78, 5) is 12.4. The van der Waals surface area contributed by atoms with Crippen molar-refractivity contribution in [3.8, 4) is 5.75 Å². The van der Waals surface area contributed by atoms with Crippen molar-refractivity contribution in [3.05, 3.63) is 27.7 Å². The fourth-order valence-electron chi connectivity index (χ4n) is 2.20. The Hall–Kier alpha value is -0.770. The molecule has 1 fully saturated rings. The van der Waals surface area contributed by atoms with Crippen LogP contribution in [0, 0.1) is 5.92 Å². The first-order valence-electron chi connectivity index (χ1n) is 6.30. The molecule has 3 nitrogen and oxygen atoms in total. The van der Waals surface area contributed by atoms with Gasteiger partial charge in [0, 0.05) is 17.5 Å². The quantitative estimate of drug-likeness (QED) is 0.789. The van der Waals surface area contributed by atoms with Crippen LogP contribution in [0.3, 0.4) is 0 Å². The van der Waals surface area contributed by atoms with E-state index in [0.717, 1.165) is 6.42 Å². The zero-order valence-electron chi connectivity index (χ0n) is 10.9. The molecule has 2 unspecified atom stereocenters. The number of benzene rings is 1. The maximum absolute atomic E-state index is 12.4. The Labute approximate surface area is 122 Å². The Balaban J connectivity index is 2.25. The number of ketones is 1. The Morgan fingerprint density at radius 3 is 2.74 bits per heavy atom. The maximum Gasteiger partial charge on any atom is 0.169 e. The Bertz CT molecular complexity index is 488. The van der Waals surface area contributed by atoms with E-state index in [2.05, 4.69) is 0 Å². The monoisotopic (exact) mass is 302 g/mol. The van der Waals surface area contributed by atoms with Gasteiger partial charge in [0.05, 0.1) is 29.4 Å². The Morgan fingerprint density at radius 2 is 2.16 bits per heavy atom. The third-order valence-electron chi connectivity index (χ3n) is 3.16. The predicted molar refractivity (Wildman–Crippen MR) is 75.5 cm³/mol. The molecule has 5 heteroatoms. The van der Waals surface area contributed by atoms with E-state index in [1.54, 1.807) is 12.1 Å². The standard InChI is InChI=1S/C14H16Cl2O3/c1-3-18-13-6-11(15)10(5-12(13)16)14(17)9-4-8(2)19-7-9/h5-6,8-9H,3-4,7H2,1-2H3. The van der Waals surface area contributed by atoms with Crippen molar-refractivity contribution in [2.24, 2.45) is 5.92 Å². The lowest BCUT2D eigenvalue weighted by Crippen LogP contribution is -2.15. The lowest BCUT2D eigenvalue weighted by molar-refractivity contribution is 0.0878. The number of carbonyl (C=O) groups is 1. The molecule has 0 aliphatic carbocycles. The van der Waals surface area contributed by atoms with Gasteiger partial charge in [0.2, 0.25) is 0 Å². The van der Waals surface area contributed by atoms with Crippen LogP contribution in [-0.2, 0) is 4.74 Å². The molecule has 1 aromatic rings. The summed E-state index contributed by atoms with van der Waals surface area (Å²) in [5.41, 5.74) is 0.442. The molecule has 2 rings (SSSR count). The number of rotatable bonds is 4. The summed E-state index contributed by atoms with van der Waals surface area (Å²) >= 11 is 12.2. The van der Waals surface area contributed by atoms with Crippen molar-refractivity contribution in [2.75, 3.05) is 13.2 Å². The van der Waals surface area contributed by atoms with Crippen molar-refractivity contribution >= 4 is 29.0 Å². The minimum Gasteiger partial charge on any atom is -0.492 e. The summed E-state index contributed by atoms with van der Waals surface area (Å²) in [6.45, 7) is 4.76. The highest BCUT2D eigenvalue weighted by Gasteiger charge is 2.30. The molecule has 1 aliphatic rings. The van der Waals surface area contributed by atoms with Gasteiger partial charge in [-0.15, -0.1) is 0 Å². The maximum atomic E-state index is 12.4. The fourth-order valence-corrected chi connectivity index (χ4v) is 2.67. The molecule has 0 aromatic heterocycles. The number of carbonyl (C=O) groups excluding carboxylic acids is 1. The smallest absolute Gasteiger partial charge is 0.169 e. The van der Waals surface area contributed by atoms with E-state index in [-0.39, 0.29) is 17.8 Å². The van der Waals surface area contributed by atoms with Crippen molar-refractivity contribution in [2.45, 2.75) is 26.4 Å². The number of Topliss-reactive ketones (excluding diaryl/α,β-unsaturated/α-hetero) is 1. The van der Waals surface area contributed by atoms with Gasteiger partial charge in [-0.25, -0.2) is 0 Å². The van der Waals surface area contributed by atoms with Crippen LogP contribution in [0.15, 0.2) is 12.1 Å². The summed E-state index contributed by atoms with van der Waals surface area (Å²) < 4.78 is 10.8. The van der Waals surface area contributed by atoms with E-state index in [4.69, 9.17) is 32.7 Å². The van der Waals surface area contributed by atoms with Gasteiger partial charge >= 0.3 is 0 Å². The molecule has 19 heavy (non-hydrogen) atoms. The van der Waals surface area contributed by atoms with Crippen molar-refractivity contribution in [3.63, 3.8) is 0 Å². The minimum atomic E-state index is -0.137. The highest BCUT2D eigenvalue weighted by molar-refractivity contribution is 6.36. The van der Waals surface area contributed by atoms with Gasteiger partial charge in [0.1, 0.15) is 5.75 Å². The van der Waals surface area contributed by atoms with Crippen LogP contribution >= 0.6 is 23.2 Å². The van der Waals surface area contributed by atoms with Gasteiger partial charge in [0.25, 0.3) is 0 Å². The SMILES string of the molecule is CCOc1cc(Cl)c(C(=O)C2COC(C)C2)cc1Cl. The summed E-state index contributed by atoms with van der Waals surface area (Å²) in [7, 11) is 0. The third kappa shape index (κ3) is 3.22. The van der Waals surface area contributed by atoms with Crippen LogP contribution in [0.5, 0.6) is 5.75 Å². The van der Waals surface area contributed by atoms with Crippen LogP contribution < -0.4 is 4.74 Å². The van der Waals surface area contributed by atoms with E-state index in [0.29, 0.717) is 34.6 Å². The average Bonchev–Trinajstić information content (AvgIpc) is 2.79. The summed E-state index contributed by atoms with van der Waals surface area (Å²) in [6.07, 6.45) is 0.839. The van der Waals surface area contributed by atoms with Gasteiger partial charge in [-0.1, -0.05) is 23.2 Å². The molecule has 1 aliphatic heterocycles. The fraction of sp³-hybridized carbons (Fsp3) is 0.500. The number of ether oxygens (including phenoxy) is 2. The van der Waals surface area contributed by atoms with Crippen molar-refractivity contribution in [1.82, 2.24) is 0 Å². The second kappa shape index (κ2) is 6.12. The Kier molecular flexibility index (Phi) is 4.71. The summed E-state index contributed by atoms with van der Waals surface area (Å²) in [5.74, 6) is 0.350. The normalized spacial score (nSPS) is 22.5. The van der Waals surface area contributed by atoms with Crippen LogP contribution in [0.2, 0.25) is 10.0 Å². The highest BCUT2D eigenvalue weighted by Crippen LogP contribution is 2.34. The van der Waals surface area contributed by atoms with E-state index in [9.17, 15) is 4.79 Å². The first-order chi connectivity index (χ1) is 9.02. The number of hydrogen-bond acceptors (Lipinski definition) is 3. The molecule has 1 heterocycles. The molecule has 0 radical (unpaired) electrons. The Morgan fingerprint density at radius 1 is 1.42 bits per heavy atom. The van der Waals surface area contributed by atoms with Crippen molar-refractivity contribution in [1.29, 1.82) is 0 Å². The molecule has 104 valence electrons. The lowest BCUT2D eigenvalue weighted by atomic mass is 9.95. The van der Waals surface area contributed by atoms with Crippen molar-refractivity contribution < 1.29 is 14.3 Å². The van der Waals surface area contributed by atoms with Gasteiger partial charge in [-0.2, -0.15) is 0 Å². The van der Waals surface area contributed by atoms with E-state index in [1.807, 2.05) is 13.8 Å². The molecule has 0 N–H and O–H groups in total. The van der Waals surface area contributed by atoms with Crippen LogP contribution in [0.1, 0.15) is 30.6 Å². The molecular weight excluding hydrogens is 287 g/mol. The molecule has 0 spiro atoms. The molecule has 0 bridgehead atoms. The van der Waals surface area contributed by atoms with Gasteiger partial charge in [0.15, 0.2) is 5.78 Å². The second-order valence-corrected chi connectivity index (χ2v) is 5.45. The van der Waals surface area contributed by atoms with E-state index in [1.165, 1.54) is 0 Å². The van der Waals surface area contributed by atoms with Gasteiger partial charge in [-0.3, -0.25) is 4.79 Å². The van der Waals surface area contributed by atoms with Crippen LogP contribution in [-0.4, -0.2) is 25.1 Å². The molecular formula is C14H16Cl2O3. The van der Waals surface area contributed by atoms with Crippen LogP contribution in [0.4, 0.5) is 0 Å². The largest absolute Gasteiger partial charge is 0.492 e. The van der Waals surface area contributed by atoms with E-state index >= 15 is 0 Å². The zero-order valence-corrected chi connectivity index (χ0v) is 12.4. The summed E-state index contributed by atoms with van der Waals surface area (Å²) in [6, 6.07) is 3.18. The molecule has 2 atom stereocenters. The predicted octanol–water partition coefficient (Wildman–Crippen LogP) is 4.00. The van der Waals surface area contributed by atoms with Crippen LogP contribution in [0.25, 0.3) is 0 Å². The molecule has 1 aromatic carbocycles. The topological polar surface area (TPSA) is 35.5 Å². The van der Waals surface area contributed by atoms with E-state index < -0.39 is 0 Å². The number of hydrogen-bond donors (Lipinski definition) is 0. The molecule has 0 saturated carbocycles. The third-order valence-corrected chi connectivity index (χ3v) is 3.76. The molecule has 0 amide bonds. The number of halogens is 2. The highest BCUT2D eigenvalue weighted by atomic mass is 35.5.